The molecule has 0 aliphatic rings. The molecule has 19 heavy (non-hydrogen) atoms. The molecule has 3 nitrogen and oxygen atoms in total. The van der Waals surface area contributed by atoms with Crippen LogP contribution in [0.5, 0.6) is 5.75 Å². The number of hydrogen-bond acceptors (Lipinski definition) is 3. The van der Waals surface area contributed by atoms with E-state index in [1.54, 1.807) is 0 Å². The highest BCUT2D eigenvalue weighted by atomic mass is 35.5. The number of benzene rings is 1. The summed E-state index contributed by atoms with van der Waals surface area (Å²) in [7, 11) is 0. The summed E-state index contributed by atoms with van der Waals surface area (Å²) in [6.45, 7) is 7.17. The summed E-state index contributed by atoms with van der Waals surface area (Å²) in [6, 6.07) is 8.48. The number of halogens is 1. The molecule has 2 N–H and O–H groups in total. The van der Waals surface area contributed by atoms with Crippen LogP contribution in [-0.4, -0.2) is 30.4 Å². The Morgan fingerprint density at radius 1 is 1.21 bits per heavy atom. The molecule has 0 saturated heterocycles. The lowest BCUT2D eigenvalue weighted by atomic mass is 10.1. The third kappa shape index (κ3) is 8.09. The van der Waals surface area contributed by atoms with Crippen molar-refractivity contribution in [1.82, 2.24) is 5.32 Å². The van der Waals surface area contributed by atoms with E-state index in [0.717, 1.165) is 18.6 Å². The Morgan fingerprint density at radius 2 is 1.84 bits per heavy atom. The van der Waals surface area contributed by atoms with Gasteiger partial charge in [0.05, 0.1) is 0 Å². The quantitative estimate of drug-likeness (QED) is 0.772. The zero-order valence-electron chi connectivity index (χ0n) is 12.1. The Labute approximate surface area is 122 Å². The van der Waals surface area contributed by atoms with Crippen molar-refractivity contribution in [2.45, 2.75) is 45.8 Å². The Balaban J connectivity index is 0.00000324. The van der Waals surface area contributed by atoms with Gasteiger partial charge in [0.15, 0.2) is 0 Å². The van der Waals surface area contributed by atoms with Crippen LogP contribution in [0.25, 0.3) is 0 Å². The summed E-state index contributed by atoms with van der Waals surface area (Å²) in [4.78, 5) is 0. The first-order chi connectivity index (χ1) is 8.61. The highest BCUT2D eigenvalue weighted by Crippen LogP contribution is 2.13. The third-order valence-electron chi connectivity index (χ3n) is 2.67. The summed E-state index contributed by atoms with van der Waals surface area (Å²) >= 11 is 0. The van der Waals surface area contributed by atoms with Crippen molar-refractivity contribution in [2.75, 3.05) is 13.2 Å². The monoisotopic (exact) mass is 287 g/mol. The molecule has 0 radical (unpaired) electrons. The van der Waals surface area contributed by atoms with Crippen molar-refractivity contribution in [1.29, 1.82) is 0 Å². The minimum absolute atomic E-state index is 0. The number of aliphatic hydroxyl groups is 1. The van der Waals surface area contributed by atoms with E-state index in [1.807, 2.05) is 12.1 Å². The van der Waals surface area contributed by atoms with E-state index in [4.69, 9.17) is 4.74 Å². The molecule has 0 bridgehead atoms. The van der Waals surface area contributed by atoms with Crippen LogP contribution in [0.3, 0.4) is 0 Å². The predicted molar refractivity (Wildman–Crippen MR) is 82.3 cm³/mol. The fourth-order valence-corrected chi connectivity index (χ4v) is 1.66. The fraction of sp³-hybridized carbons (Fsp3) is 0.600. The Hall–Kier alpha value is -0.770. The number of nitrogens with one attached hydrogen (secondary N) is 1. The van der Waals surface area contributed by atoms with Gasteiger partial charge in [-0.3, -0.25) is 0 Å². The molecule has 1 aromatic rings. The zero-order chi connectivity index (χ0) is 13.4. The van der Waals surface area contributed by atoms with Crippen molar-refractivity contribution in [2.24, 2.45) is 0 Å². The smallest absolute Gasteiger partial charge is 0.119 e. The van der Waals surface area contributed by atoms with Crippen molar-refractivity contribution >= 4 is 12.4 Å². The molecule has 0 amide bonds. The molecule has 0 aliphatic carbocycles. The molecule has 0 saturated carbocycles. The van der Waals surface area contributed by atoms with E-state index in [9.17, 15) is 5.11 Å². The maximum absolute atomic E-state index is 9.71. The minimum Gasteiger partial charge on any atom is -0.491 e. The second kappa shape index (κ2) is 10.1. The van der Waals surface area contributed by atoms with E-state index in [-0.39, 0.29) is 12.4 Å². The average Bonchev–Trinajstić information content (AvgIpc) is 2.36. The summed E-state index contributed by atoms with van der Waals surface area (Å²) < 4.78 is 5.54. The van der Waals surface area contributed by atoms with Crippen LogP contribution in [0.15, 0.2) is 24.3 Å². The summed E-state index contributed by atoms with van der Waals surface area (Å²) in [5.41, 5.74) is 1.33. The molecule has 1 unspecified atom stereocenters. The van der Waals surface area contributed by atoms with Crippen LogP contribution in [0.1, 0.15) is 32.8 Å². The number of aryl methyl sites for hydroxylation is 1. The molecule has 1 atom stereocenters. The SMILES string of the molecule is CCCc1ccc(OCC(O)CNC(C)C)cc1.Cl. The molecule has 110 valence electrons. The molecular weight excluding hydrogens is 262 g/mol. The summed E-state index contributed by atoms with van der Waals surface area (Å²) in [6.07, 6.45) is 1.78. The van der Waals surface area contributed by atoms with Gasteiger partial charge < -0.3 is 15.2 Å². The molecule has 0 spiro atoms. The zero-order valence-corrected chi connectivity index (χ0v) is 12.9. The van der Waals surface area contributed by atoms with Crippen molar-refractivity contribution in [3.05, 3.63) is 29.8 Å². The minimum atomic E-state index is -0.470. The van der Waals surface area contributed by atoms with Gasteiger partial charge in [-0.05, 0) is 24.1 Å². The van der Waals surface area contributed by atoms with E-state index in [1.165, 1.54) is 5.56 Å². The van der Waals surface area contributed by atoms with Gasteiger partial charge in [-0.15, -0.1) is 12.4 Å². The first-order valence-corrected chi connectivity index (χ1v) is 6.75. The fourth-order valence-electron chi connectivity index (χ4n) is 1.66. The van der Waals surface area contributed by atoms with Gasteiger partial charge in [-0.1, -0.05) is 39.3 Å². The largest absolute Gasteiger partial charge is 0.491 e. The van der Waals surface area contributed by atoms with Crippen LogP contribution in [0.2, 0.25) is 0 Å². The standard InChI is InChI=1S/C15H25NO2.ClH/c1-4-5-13-6-8-15(9-7-13)18-11-14(17)10-16-12(2)3;/h6-9,12,14,16-17H,4-5,10-11H2,1-3H3;1H. The Morgan fingerprint density at radius 3 is 2.37 bits per heavy atom. The third-order valence-corrected chi connectivity index (χ3v) is 2.67. The topological polar surface area (TPSA) is 41.5 Å². The van der Waals surface area contributed by atoms with Gasteiger partial charge in [0.1, 0.15) is 18.5 Å². The average molecular weight is 288 g/mol. The molecule has 4 heteroatoms. The van der Waals surface area contributed by atoms with E-state index in [2.05, 4.69) is 38.2 Å². The highest BCUT2D eigenvalue weighted by Gasteiger charge is 2.05. The van der Waals surface area contributed by atoms with E-state index < -0.39 is 6.10 Å². The molecule has 1 rings (SSSR count). The van der Waals surface area contributed by atoms with Crippen LogP contribution < -0.4 is 10.1 Å². The van der Waals surface area contributed by atoms with Gasteiger partial charge in [0.2, 0.25) is 0 Å². The van der Waals surface area contributed by atoms with E-state index >= 15 is 0 Å². The van der Waals surface area contributed by atoms with Crippen LogP contribution >= 0.6 is 12.4 Å². The maximum Gasteiger partial charge on any atom is 0.119 e. The summed E-state index contributed by atoms with van der Waals surface area (Å²) in [5.74, 6) is 0.818. The molecular formula is C15H26ClNO2. The first-order valence-electron chi connectivity index (χ1n) is 6.75. The molecule has 1 aromatic carbocycles. The van der Waals surface area contributed by atoms with Crippen molar-refractivity contribution < 1.29 is 9.84 Å². The maximum atomic E-state index is 9.71. The molecule has 0 aliphatic heterocycles. The van der Waals surface area contributed by atoms with E-state index in [0.29, 0.717) is 19.2 Å². The normalized spacial score (nSPS) is 12.1. The number of hydrogen-bond donors (Lipinski definition) is 2. The first kappa shape index (κ1) is 18.2. The lowest BCUT2D eigenvalue weighted by Crippen LogP contribution is -2.35. The van der Waals surface area contributed by atoms with Gasteiger partial charge in [-0.25, -0.2) is 0 Å². The van der Waals surface area contributed by atoms with Gasteiger partial charge in [0.25, 0.3) is 0 Å². The molecule has 0 aromatic heterocycles. The number of ether oxygens (including phenoxy) is 1. The van der Waals surface area contributed by atoms with Gasteiger partial charge in [0, 0.05) is 12.6 Å². The highest BCUT2D eigenvalue weighted by molar-refractivity contribution is 5.85. The van der Waals surface area contributed by atoms with Gasteiger partial charge in [-0.2, -0.15) is 0 Å². The van der Waals surface area contributed by atoms with Crippen molar-refractivity contribution in [3.63, 3.8) is 0 Å². The molecule has 0 heterocycles. The lowest BCUT2D eigenvalue weighted by Gasteiger charge is -2.15. The number of aliphatic hydroxyl groups excluding tert-OH is 1. The summed E-state index contributed by atoms with van der Waals surface area (Å²) in [5, 5.41) is 12.9. The molecule has 0 fully saturated rings. The lowest BCUT2D eigenvalue weighted by molar-refractivity contribution is 0.104. The van der Waals surface area contributed by atoms with Crippen LogP contribution in [-0.2, 0) is 6.42 Å². The van der Waals surface area contributed by atoms with Crippen LogP contribution in [0, 0.1) is 0 Å². The Bertz CT molecular complexity index is 327. The second-order valence-corrected chi connectivity index (χ2v) is 4.92. The predicted octanol–water partition coefficient (Wildman–Crippen LogP) is 2.80. The second-order valence-electron chi connectivity index (χ2n) is 4.92. The van der Waals surface area contributed by atoms with Crippen LogP contribution in [0.4, 0.5) is 0 Å². The van der Waals surface area contributed by atoms with Crippen molar-refractivity contribution in [3.8, 4) is 5.75 Å². The number of rotatable bonds is 8. The van der Waals surface area contributed by atoms with Gasteiger partial charge >= 0.3 is 0 Å². The Kier molecular flexibility index (Phi) is 9.66.